The number of alkyl carbamates (subject to hydrolysis) is 1. The molecule has 114 valence electrons. The number of nitrogens with zero attached hydrogens (tertiary/aromatic N) is 2. The molecular formula is C14H17BrClN3O2. The molecule has 1 N–H and O–H groups in total. The second kappa shape index (κ2) is 6.23. The Morgan fingerprint density at radius 1 is 1.52 bits per heavy atom. The lowest BCUT2D eigenvalue weighted by molar-refractivity contribution is 0.0523. The van der Waals surface area contributed by atoms with Gasteiger partial charge in [0.1, 0.15) is 11.2 Å². The van der Waals surface area contributed by atoms with E-state index in [1.807, 2.05) is 31.4 Å². The third-order valence-corrected chi connectivity index (χ3v) is 3.46. The Kier molecular flexibility index (Phi) is 4.78. The number of fused-ring (bicyclic) bond motifs is 1. The number of hydrogen-bond acceptors (Lipinski definition) is 3. The minimum absolute atomic E-state index is 0.332. The quantitative estimate of drug-likeness (QED) is 0.829. The third kappa shape index (κ3) is 4.11. The molecule has 0 spiro atoms. The molecule has 2 heterocycles. The van der Waals surface area contributed by atoms with Crippen LogP contribution in [0.15, 0.2) is 18.3 Å². The van der Waals surface area contributed by atoms with Crippen molar-refractivity contribution >= 4 is 39.3 Å². The van der Waals surface area contributed by atoms with Crippen molar-refractivity contribution in [3.05, 3.63) is 34.7 Å². The molecule has 0 bridgehead atoms. The van der Waals surface area contributed by atoms with Crippen LogP contribution in [-0.2, 0) is 16.6 Å². The summed E-state index contributed by atoms with van der Waals surface area (Å²) in [5, 5.41) is 3.97. The molecule has 7 heteroatoms. The van der Waals surface area contributed by atoms with Gasteiger partial charge in [0.25, 0.3) is 0 Å². The van der Waals surface area contributed by atoms with Gasteiger partial charge >= 0.3 is 6.09 Å². The lowest BCUT2D eigenvalue weighted by Gasteiger charge is -2.19. The van der Waals surface area contributed by atoms with E-state index in [1.54, 1.807) is 12.1 Å². The predicted octanol–water partition coefficient (Wildman–Crippen LogP) is 3.91. The highest BCUT2D eigenvalue weighted by Gasteiger charge is 2.17. The van der Waals surface area contributed by atoms with Gasteiger partial charge in [0.05, 0.1) is 17.9 Å². The molecule has 0 aliphatic carbocycles. The maximum Gasteiger partial charge on any atom is 0.407 e. The van der Waals surface area contributed by atoms with Crippen LogP contribution in [0.25, 0.3) is 5.65 Å². The molecule has 0 radical (unpaired) electrons. The van der Waals surface area contributed by atoms with Gasteiger partial charge in [0.2, 0.25) is 0 Å². The third-order valence-electron chi connectivity index (χ3n) is 2.70. The Balaban J connectivity index is 2.19. The van der Waals surface area contributed by atoms with E-state index in [0.29, 0.717) is 16.9 Å². The van der Waals surface area contributed by atoms with E-state index in [4.69, 9.17) is 16.3 Å². The molecule has 0 atom stereocenters. The summed E-state index contributed by atoms with van der Waals surface area (Å²) in [6.07, 6.45) is 1.38. The Bertz CT molecular complexity index is 664. The first kappa shape index (κ1) is 16.1. The van der Waals surface area contributed by atoms with Gasteiger partial charge in [-0.15, -0.1) is 0 Å². The first-order valence-electron chi connectivity index (χ1n) is 6.48. The number of imidazole rings is 1. The predicted molar refractivity (Wildman–Crippen MR) is 85.9 cm³/mol. The standard InChI is InChI=1S/C14H17BrClN3O2/c1-14(2,3)21-13(20)17-8-11-10(7-15)18-12-6-9(16)4-5-19(11)12/h4-6H,7-8H2,1-3H3,(H,17,20). The Morgan fingerprint density at radius 3 is 2.86 bits per heavy atom. The highest BCUT2D eigenvalue weighted by molar-refractivity contribution is 9.08. The van der Waals surface area contributed by atoms with Crippen LogP contribution in [0.5, 0.6) is 0 Å². The van der Waals surface area contributed by atoms with Gasteiger partial charge < -0.3 is 14.5 Å². The zero-order valence-electron chi connectivity index (χ0n) is 12.1. The number of halogens is 2. The molecule has 0 fully saturated rings. The number of pyridine rings is 1. The van der Waals surface area contributed by atoms with Crippen molar-refractivity contribution in [2.45, 2.75) is 38.2 Å². The normalized spacial score (nSPS) is 11.7. The van der Waals surface area contributed by atoms with Gasteiger partial charge in [0, 0.05) is 22.6 Å². The van der Waals surface area contributed by atoms with Crippen LogP contribution in [0.3, 0.4) is 0 Å². The molecule has 5 nitrogen and oxygen atoms in total. The Labute approximate surface area is 136 Å². The average molecular weight is 375 g/mol. The summed E-state index contributed by atoms with van der Waals surface area (Å²) in [5.74, 6) is 0. The van der Waals surface area contributed by atoms with E-state index in [-0.39, 0.29) is 0 Å². The van der Waals surface area contributed by atoms with Crippen molar-refractivity contribution in [2.75, 3.05) is 0 Å². The SMILES string of the molecule is CC(C)(C)OC(=O)NCc1c(CBr)nc2cc(Cl)ccn12. The van der Waals surface area contributed by atoms with Crippen molar-refractivity contribution in [3.63, 3.8) is 0 Å². The fourth-order valence-corrected chi connectivity index (χ4v) is 2.49. The van der Waals surface area contributed by atoms with Crippen molar-refractivity contribution in [1.29, 1.82) is 0 Å². The molecule has 0 aromatic carbocycles. The molecule has 0 saturated carbocycles. The average Bonchev–Trinajstić information content (AvgIpc) is 2.71. The summed E-state index contributed by atoms with van der Waals surface area (Å²) in [7, 11) is 0. The number of alkyl halides is 1. The van der Waals surface area contributed by atoms with Crippen molar-refractivity contribution in [1.82, 2.24) is 14.7 Å². The van der Waals surface area contributed by atoms with E-state index in [9.17, 15) is 4.79 Å². The van der Waals surface area contributed by atoms with Crippen molar-refractivity contribution in [2.24, 2.45) is 0 Å². The van der Waals surface area contributed by atoms with Gasteiger partial charge in [-0.05, 0) is 26.8 Å². The minimum Gasteiger partial charge on any atom is -0.444 e. The zero-order valence-corrected chi connectivity index (χ0v) is 14.5. The topological polar surface area (TPSA) is 55.6 Å². The second-order valence-electron chi connectivity index (χ2n) is 5.57. The van der Waals surface area contributed by atoms with Crippen LogP contribution in [0.2, 0.25) is 5.02 Å². The van der Waals surface area contributed by atoms with Gasteiger partial charge in [0.15, 0.2) is 0 Å². The number of nitrogens with one attached hydrogen (secondary N) is 1. The molecular weight excluding hydrogens is 358 g/mol. The number of ether oxygens (including phenoxy) is 1. The Hall–Kier alpha value is -1.27. The molecule has 1 amide bonds. The smallest absolute Gasteiger partial charge is 0.407 e. The fourth-order valence-electron chi connectivity index (χ4n) is 1.88. The van der Waals surface area contributed by atoms with E-state index >= 15 is 0 Å². The summed E-state index contributed by atoms with van der Waals surface area (Å²) in [6.45, 7) is 5.81. The van der Waals surface area contributed by atoms with Crippen LogP contribution in [0.4, 0.5) is 4.79 Å². The largest absolute Gasteiger partial charge is 0.444 e. The summed E-state index contributed by atoms with van der Waals surface area (Å²) in [4.78, 5) is 16.2. The first-order chi connectivity index (χ1) is 9.80. The summed E-state index contributed by atoms with van der Waals surface area (Å²) >= 11 is 9.38. The van der Waals surface area contributed by atoms with E-state index in [0.717, 1.165) is 17.0 Å². The van der Waals surface area contributed by atoms with Crippen LogP contribution in [-0.4, -0.2) is 21.1 Å². The molecule has 0 unspecified atom stereocenters. The monoisotopic (exact) mass is 373 g/mol. The van der Waals surface area contributed by atoms with E-state index in [1.165, 1.54) is 0 Å². The molecule has 21 heavy (non-hydrogen) atoms. The van der Waals surface area contributed by atoms with Crippen LogP contribution in [0, 0.1) is 0 Å². The molecule has 2 aromatic rings. The van der Waals surface area contributed by atoms with Gasteiger partial charge in [-0.2, -0.15) is 0 Å². The number of hydrogen-bond donors (Lipinski definition) is 1. The number of rotatable bonds is 3. The van der Waals surface area contributed by atoms with Gasteiger partial charge in [-0.3, -0.25) is 0 Å². The van der Waals surface area contributed by atoms with Gasteiger partial charge in [-0.1, -0.05) is 27.5 Å². The number of aromatic nitrogens is 2. The number of carbonyl (C=O) groups excluding carboxylic acids is 1. The van der Waals surface area contributed by atoms with Crippen molar-refractivity contribution < 1.29 is 9.53 Å². The van der Waals surface area contributed by atoms with Crippen LogP contribution in [0.1, 0.15) is 32.2 Å². The Morgan fingerprint density at radius 2 is 2.24 bits per heavy atom. The molecule has 0 aliphatic heterocycles. The first-order valence-corrected chi connectivity index (χ1v) is 7.98. The molecule has 0 saturated heterocycles. The van der Waals surface area contributed by atoms with E-state index in [2.05, 4.69) is 26.2 Å². The van der Waals surface area contributed by atoms with Gasteiger partial charge in [-0.25, -0.2) is 9.78 Å². The highest BCUT2D eigenvalue weighted by atomic mass is 79.9. The zero-order chi connectivity index (χ0) is 15.6. The van der Waals surface area contributed by atoms with E-state index < -0.39 is 11.7 Å². The fraction of sp³-hybridized carbons (Fsp3) is 0.429. The van der Waals surface area contributed by atoms with Crippen LogP contribution < -0.4 is 5.32 Å². The maximum atomic E-state index is 11.7. The number of amides is 1. The molecule has 2 aromatic heterocycles. The summed E-state index contributed by atoms with van der Waals surface area (Å²) < 4.78 is 7.13. The minimum atomic E-state index is -0.519. The summed E-state index contributed by atoms with van der Waals surface area (Å²) in [6, 6.07) is 3.57. The van der Waals surface area contributed by atoms with Crippen molar-refractivity contribution in [3.8, 4) is 0 Å². The lowest BCUT2D eigenvalue weighted by Crippen LogP contribution is -2.32. The van der Waals surface area contributed by atoms with Crippen LogP contribution >= 0.6 is 27.5 Å². The lowest BCUT2D eigenvalue weighted by atomic mass is 10.2. The second-order valence-corrected chi connectivity index (χ2v) is 6.56. The highest BCUT2D eigenvalue weighted by Crippen LogP contribution is 2.19. The molecule has 2 rings (SSSR count). The number of carbonyl (C=O) groups is 1. The molecule has 0 aliphatic rings. The summed E-state index contributed by atoms with van der Waals surface area (Å²) in [5.41, 5.74) is 1.98. The maximum absolute atomic E-state index is 11.7.